The van der Waals surface area contributed by atoms with Gasteiger partial charge < -0.3 is 15.2 Å². The van der Waals surface area contributed by atoms with Gasteiger partial charge in [0, 0.05) is 13.0 Å². The Hall–Kier alpha value is -0.900. The molecule has 76 valence electrons. The van der Waals surface area contributed by atoms with Crippen LogP contribution in [0.1, 0.15) is 5.56 Å². The Morgan fingerprint density at radius 2 is 2.07 bits per heavy atom. The van der Waals surface area contributed by atoms with E-state index >= 15 is 0 Å². The summed E-state index contributed by atoms with van der Waals surface area (Å²) in [5.74, 6) is 0. The molecule has 1 aromatic rings. The SMILES string of the molecule is NCC1COC(Cc2ccccc2)O1. The summed E-state index contributed by atoms with van der Waals surface area (Å²) in [4.78, 5) is 0. The molecule has 1 aliphatic heterocycles. The van der Waals surface area contributed by atoms with Crippen LogP contribution in [-0.4, -0.2) is 25.5 Å². The monoisotopic (exact) mass is 193 g/mol. The summed E-state index contributed by atoms with van der Waals surface area (Å²) >= 11 is 0. The molecule has 1 aromatic carbocycles. The predicted octanol–water partition coefficient (Wildman–Crippen LogP) is 0.929. The molecule has 1 saturated heterocycles. The van der Waals surface area contributed by atoms with Crippen LogP contribution in [0.5, 0.6) is 0 Å². The highest BCUT2D eigenvalue weighted by Gasteiger charge is 2.24. The minimum Gasteiger partial charge on any atom is -0.350 e. The first-order valence-electron chi connectivity index (χ1n) is 4.89. The molecule has 1 fully saturated rings. The zero-order chi connectivity index (χ0) is 9.80. The van der Waals surface area contributed by atoms with Gasteiger partial charge in [-0.1, -0.05) is 30.3 Å². The number of hydrogen-bond donors (Lipinski definition) is 1. The molecule has 2 N–H and O–H groups in total. The van der Waals surface area contributed by atoms with Gasteiger partial charge in [-0.2, -0.15) is 0 Å². The Morgan fingerprint density at radius 3 is 2.71 bits per heavy atom. The zero-order valence-corrected chi connectivity index (χ0v) is 8.06. The maximum Gasteiger partial charge on any atom is 0.162 e. The van der Waals surface area contributed by atoms with Gasteiger partial charge in [-0.3, -0.25) is 0 Å². The maximum atomic E-state index is 5.57. The topological polar surface area (TPSA) is 44.5 Å². The smallest absolute Gasteiger partial charge is 0.162 e. The fourth-order valence-electron chi connectivity index (χ4n) is 1.55. The van der Waals surface area contributed by atoms with Gasteiger partial charge in [0.1, 0.15) is 0 Å². The first-order valence-corrected chi connectivity index (χ1v) is 4.89. The van der Waals surface area contributed by atoms with Gasteiger partial charge in [-0.15, -0.1) is 0 Å². The average Bonchev–Trinajstić information content (AvgIpc) is 2.67. The largest absolute Gasteiger partial charge is 0.350 e. The van der Waals surface area contributed by atoms with Crippen molar-refractivity contribution in [2.45, 2.75) is 18.8 Å². The standard InChI is InChI=1S/C11H15NO2/c12-7-10-8-13-11(14-10)6-9-4-2-1-3-5-9/h1-5,10-11H,6-8,12H2. The van der Waals surface area contributed by atoms with Crippen LogP contribution in [0.3, 0.4) is 0 Å². The molecule has 0 aromatic heterocycles. The van der Waals surface area contributed by atoms with E-state index in [1.165, 1.54) is 5.56 Å². The van der Waals surface area contributed by atoms with Crippen molar-refractivity contribution in [1.29, 1.82) is 0 Å². The van der Waals surface area contributed by atoms with Crippen LogP contribution >= 0.6 is 0 Å². The summed E-state index contributed by atoms with van der Waals surface area (Å²) in [6.45, 7) is 1.15. The number of hydrogen-bond acceptors (Lipinski definition) is 3. The van der Waals surface area contributed by atoms with Crippen LogP contribution in [0.2, 0.25) is 0 Å². The summed E-state index contributed by atoms with van der Waals surface area (Å²) in [5.41, 5.74) is 6.72. The molecule has 2 atom stereocenters. The molecule has 2 unspecified atom stereocenters. The third-order valence-electron chi connectivity index (χ3n) is 2.32. The molecule has 0 radical (unpaired) electrons. The molecule has 14 heavy (non-hydrogen) atoms. The Kier molecular flexibility index (Phi) is 3.14. The van der Waals surface area contributed by atoms with E-state index in [0.29, 0.717) is 13.2 Å². The highest BCUT2D eigenvalue weighted by molar-refractivity contribution is 5.15. The molecule has 1 aliphatic rings. The minimum absolute atomic E-state index is 0.0729. The highest BCUT2D eigenvalue weighted by atomic mass is 16.7. The van der Waals surface area contributed by atoms with Crippen LogP contribution < -0.4 is 5.73 Å². The van der Waals surface area contributed by atoms with Crippen molar-refractivity contribution in [1.82, 2.24) is 0 Å². The summed E-state index contributed by atoms with van der Waals surface area (Å²) in [5, 5.41) is 0. The van der Waals surface area contributed by atoms with Crippen molar-refractivity contribution >= 4 is 0 Å². The second-order valence-corrected chi connectivity index (χ2v) is 3.45. The predicted molar refractivity (Wildman–Crippen MR) is 53.8 cm³/mol. The lowest BCUT2D eigenvalue weighted by atomic mass is 10.1. The normalized spacial score (nSPS) is 26.6. The lowest BCUT2D eigenvalue weighted by Gasteiger charge is -2.09. The second-order valence-electron chi connectivity index (χ2n) is 3.45. The quantitative estimate of drug-likeness (QED) is 0.776. The van der Waals surface area contributed by atoms with Crippen molar-refractivity contribution < 1.29 is 9.47 Å². The zero-order valence-electron chi connectivity index (χ0n) is 8.06. The fourth-order valence-corrected chi connectivity index (χ4v) is 1.55. The Labute approximate surface area is 83.8 Å². The van der Waals surface area contributed by atoms with Gasteiger partial charge in [0.25, 0.3) is 0 Å². The Morgan fingerprint density at radius 1 is 1.29 bits per heavy atom. The molecular weight excluding hydrogens is 178 g/mol. The van der Waals surface area contributed by atoms with Gasteiger partial charge >= 0.3 is 0 Å². The van der Waals surface area contributed by atoms with E-state index in [2.05, 4.69) is 12.1 Å². The summed E-state index contributed by atoms with van der Waals surface area (Å²) in [7, 11) is 0. The Balaban J connectivity index is 1.88. The van der Waals surface area contributed by atoms with E-state index in [1.54, 1.807) is 0 Å². The van der Waals surface area contributed by atoms with Crippen molar-refractivity contribution in [2.75, 3.05) is 13.2 Å². The van der Waals surface area contributed by atoms with Crippen LogP contribution in [0.25, 0.3) is 0 Å². The maximum absolute atomic E-state index is 5.57. The van der Waals surface area contributed by atoms with Gasteiger partial charge in [0.2, 0.25) is 0 Å². The van der Waals surface area contributed by atoms with Gasteiger partial charge in [-0.25, -0.2) is 0 Å². The minimum atomic E-state index is -0.119. The Bertz CT molecular complexity index is 276. The highest BCUT2D eigenvalue weighted by Crippen LogP contribution is 2.15. The van der Waals surface area contributed by atoms with Crippen LogP contribution in [0.15, 0.2) is 30.3 Å². The number of benzene rings is 1. The van der Waals surface area contributed by atoms with E-state index in [9.17, 15) is 0 Å². The molecule has 3 nitrogen and oxygen atoms in total. The molecule has 0 amide bonds. The first-order chi connectivity index (χ1) is 6.88. The van der Waals surface area contributed by atoms with E-state index < -0.39 is 0 Å². The van der Waals surface area contributed by atoms with E-state index in [1.807, 2.05) is 18.2 Å². The molecule has 3 heteroatoms. The summed E-state index contributed by atoms with van der Waals surface area (Å²) in [6, 6.07) is 10.2. The molecule has 0 bridgehead atoms. The van der Waals surface area contributed by atoms with Crippen molar-refractivity contribution in [2.24, 2.45) is 5.73 Å². The lowest BCUT2D eigenvalue weighted by molar-refractivity contribution is -0.0541. The second kappa shape index (κ2) is 4.55. The van der Waals surface area contributed by atoms with Crippen molar-refractivity contribution in [3.63, 3.8) is 0 Å². The third-order valence-corrected chi connectivity index (χ3v) is 2.32. The summed E-state index contributed by atoms with van der Waals surface area (Å²) in [6.07, 6.45) is 0.756. The van der Waals surface area contributed by atoms with Crippen LogP contribution in [0.4, 0.5) is 0 Å². The molecule has 1 heterocycles. The van der Waals surface area contributed by atoms with Gasteiger partial charge in [-0.05, 0) is 5.56 Å². The van der Waals surface area contributed by atoms with Gasteiger partial charge in [0.05, 0.1) is 12.7 Å². The molecule has 2 rings (SSSR count). The number of ether oxygens (including phenoxy) is 2. The van der Waals surface area contributed by atoms with E-state index in [-0.39, 0.29) is 12.4 Å². The first kappa shape index (κ1) is 9.65. The molecular formula is C11H15NO2. The fraction of sp³-hybridized carbons (Fsp3) is 0.455. The third kappa shape index (κ3) is 2.32. The van der Waals surface area contributed by atoms with Crippen LogP contribution in [0, 0.1) is 0 Å². The summed E-state index contributed by atoms with van der Waals surface area (Å²) < 4.78 is 11.0. The number of nitrogens with two attached hydrogens (primary N) is 1. The molecule has 0 aliphatic carbocycles. The molecule has 0 spiro atoms. The van der Waals surface area contributed by atoms with Crippen molar-refractivity contribution in [3.8, 4) is 0 Å². The molecule has 0 saturated carbocycles. The van der Waals surface area contributed by atoms with Crippen molar-refractivity contribution in [3.05, 3.63) is 35.9 Å². The van der Waals surface area contributed by atoms with Crippen LogP contribution in [-0.2, 0) is 15.9 Å². The lowest BCUT2D eigenvalue weighted by Crippen LogP contribution is -2.23. The van der Waals surface area contributed by atoms with E-state index in [0.717, 1.165) is 6.42 Å². The van der Waals surface area contributed by atoms with Gasteiger partial charge in [0.15, 0.2) is 6.29 Å². The number of rotatable bonds is 3. The average molecular weight is 193 g/mol. The van der Waals surface area contributed by atoms with E-state index in [4.69, 9.17) is 15.2 Å².